The number of anilines is 1. The first kappa shape index (κ1) is 14.1. The van der Waals surface area contributed by atoms with Gasteiger partial charge in [0.2, 0.25) is 0 Å². The number of aryl methyl sites for hydroxylation is 2. The number of hydrogen-bond acceptors (Lipinski definition) is 2. The van der Waals surface area contributed by atoms with Gasteiger partial charge in [0, 0.05) is 11.7 Å². The summed E-state index contributed by atoms with van der Waals surface area (Å²) in [6.07, 6.45) is 0. The molecule has 104 valence electrons. The number of carboxylic acid groups (broad SMARTS) is 1. The van der Waals surface area contributed by atoms with Gasteiger partial charge in [0.05, 0.1) is 5.56 Å². The molecule has 0 aliphatic rings. The summed E-state index contributed by atoms with van der Waals surface area (Å²) in [6.45, 7) is 6.24. The lowest BCUT2D eigenvalue weighted by Crippen LogP contribution is -2.09. The Balaban J connectivity index is 2.21. The molecule has 2 aromatic carbocycles. The fourth-order valence-corrected chi connectivity index (χ4v) is 2.38. The number of benzene rings is 2. The van der Waals surface area contributed by atoms with E-state index in [1.807, 2.05) is 6.07 Å². The van der Waals surface area contributed by atoms with Gasteiger partial charge in [-0.2, -0.15) is 0 Å². The molecule has 0 radical (unpaired) electrons. The Morgan fingerprint density at radius 1 is 1.15 bits per heavy atom. The second kappa shape index (κ2) is 5.78. The van der Waals surface area contributed by atoms with Crippen LogP contribution in [-0.4, -0.2) is 11.1 Å². The lowest BCUT2D eigenvalue weighted by atomic mass is 10.00. The monoisotopic (exact) mass is 269 g/mol. The molecule has 0 aliphatic carbocycles. The zero-order valence-corrected chi connectivity index (χ0v) is 12.0. The molecule has 0 aliphatic heterocycles. The second-order valence-electron chi connectivity index (χ2n) is 5.11. The molecular weight excluding hydrogens is 250 g/mol. The van der Waals surface area contributed by atoms with Crippen LogP contribution < -0.4 is 5.32 Å². The average molecular weight is 269 g/mol. The van der Waals surface area contributed by atoms with Crippen molar-refractivity contribution in [3.63, 3.8) is 0 Å². The number of hydrogen-bond donors (Lipinski definition) is 2. The van der Waals surface area contributed by atoms with E-state index in [4.69, 9.17) is 5.11 Å². The average Bonchev–Trinajstić information content (AvgIpc) is 2.38. The summed E-state index contributed by atoms with van der Waals surface area (Å²) in [5, 5.41) is 12.4. The number of aromatic carboxylic acids is 1. The van der Waals surface area contributed by atoms with Crippen LogP contribution in [0.15, 0.2) is 42.5 Å². The summed E-state index contributed by atoms with van der Waals surface area (Å²) in [5.74, 6) is -0.909. The summed E-state index contributed by atoms with van der Waals surface area (Å²) in [4.78, 5) is 11.0. The van der Waals surface area contributed by atoms with Crippen molar-refractivity contribution >= 4 is 11.7 Å². The van der Waals surface area contributed by atoms with Crippen LogP contribution in [0.25, 0.3) is 0 Å². The number of carboxylic acids is 1. The molecule has 3 nitrogen and oxygen atoms in total. The van der Waals surface area contributed by atoms with Gasteiger partial charge in [0.25, 0.3) is 0 Å². The van der Waals surface area contributed by atoms with Crippen LogP contribution in [0.1, 0.15) is 40.0 Å². The fraction of sp³-hybridized carbons (Fsp3) is 0.235. The Kier molecular flexibility index (Phi) is 4.08. The zero-order valence-electron chi connectivity index (χ0n) is 12.0. The number of nitrogens with one attached hydrogen (secondary N) is 1. The third-order valence-corrected chi connectivity index (χ3v) is 3.38. The first-order valence-corrected chi connectivity index (χ1v) is 6.64. The van der Waals surface area contributed by atoms with E-state index in [9.17, 15) is 4.79 Å². The molecule has 0 bridgehead atoms. The van der Waals surface area contributed by atoms with E-state index in [-0.39, 0.29) is 6.04 Å². The van der Waals surface area contributed by atoms with E-state index < -0.39 is 5.97 Å². The van der Waals surface area contributed by atoms with Gasteiger partial charge in [-0.25, -0.2) is 4.79 Å². The van der Waals surface area contributed by atoms with Gasteiger partial charge in [-0.05, 0) is 50.1 Å². The first-order chi connectivity index (χ1) is 9.47. The molecule has 0 saturated heterocycles. The fourth-order valence-electron chi connectivity index (χ4n) is 2.38. The molecule has 1 unspecified atom stereocenters. The highest BCUT2D eigenvalue weighted by Crippen LogP contribution is 2.23. The molecule has 0 amide bonds. The van der Waals surface area contributed by atoms with Crippen LogP contribution in [0.4, 0.5) is 5.69 Å². The Morgan fingerprint density at radius 2 is 1.90 bits per heavy atom. The van der Waals surface area contributed by atoms with Crippen LogP contribution in [0.5, 0.6) is 0 Å². The molecule has 2 N–H and O–H groups in total. The van der Waals surface area contributed by atoms with Gasteiger partial charge >= 0.3 is 5.97 Å². The van der Waals surface area contributed by atoms with E-state index in [1.54, 1.807) is 18.2 Å². The molecule has 3 heteroatoms. The van der Waals surface area contributed by atoms with E-state index in [0.717, 1.165) is 5.69 Å². The van der Waals surface area contributed by atoms with Gasteiger partial charge in [0.15, 0.2) is 0 Å². The maximum Gasteiger partial charge on any atom is 0.335 e. The minimum Gasteiger partial charge on any atom is -0.478 e. The van der Waals surface area contributed by atoms with Crippen LogP contribution in [-0.2, 0) is 0 Å². The smallest absolute Gasteiger partial charge is 0.335 e. The van der Waals surface area contributed by atoms with Crippen molar-refractivity contribution in [2.45, 2.75) is 26.8 Å². The maximum absolute atomic E-state index is 11.0. The number of carbonyl (C=O) groups is 1. The minimum absolute atomic E-state index is 0.125. The quantitative estimate of drug-likeness (QED) is 0.875. The van der Waals surface area contributed by atoms with Crippen molar-refractivity contribution < 1.29 is 9.90 Å². The van der Waals surface area contributed by atoms with E-state index in [0.29, 0.717) is 5.56 Å². The summed E-state index contributed by atoms with van der Waals surface area (Å²) < 4.78 is 0. The predicted octanol–water partition coefficient (Wildman–Crippen LogP) is 4.17. The van der Waals surface area contributed by atoms with Gasteiger partial charge in [-0.1, -0.05) is 29.8 Å². The zero-order chi connectivity index (χ0) is 14.7. The minimum atomic E-state index is -0.909. The van der Waals surface area contributed by atoms with Crippen molar-refractivity contribution in [2.75, 3.05) is 5.32 Å². The van der Waals surface area contributed by atoms with Crippen LogP contribution in [0.2, 0.25) is 0 Å². The molecule has 1 atom stereocenters. The van der Waals surface area contributed by atoms with Crippen molar-refractivity contribution in [1.29, 1.82) is 0 Å². The van der Waals surface area contributed by atoms with Crippen molar-refractivity contribution in [1.82, 2.24) is 0 Å². The highest BCUT2D eigenvalue weighted by molar-refractivity contribution is 5.88. The number of rotatable bonds is 4. The SMILES string of the molecule is Cc1ccc(C(C)Nc2cccc(C(=O)O)c2)c(C)c1. The lowest BCUT2D eigenvalue weighted by Gasteiger charge is -2.18. The summed E-state index contributed by atoms with van der Waals surface area (Å²) in [7, 11) is 0. The molecule has 2 aromatic rings. The van der Waals surface area contributed by atoms with E-state index in [1.165, 1.54) is 16.7 Å². The van der Waals surface area contributed by atoms with Gasteiger partial charge in [-0.15, -0.1) is 0 Å². The van der Waals surface area contributed by atoms with Crippen molar-refractivity contribution in [3.05, 3.63) is 64.7 Å². The summed E-state index contributed by atoms with van der Waals surface area (Å²) in [5.41, 5.74) is 4.81. The van der Waals surface area contributed by atoms with Gasteiger partial charge < -0.3 is 10.4 Å². The molecule has 0 fully saturated rings. The molecule has 0 heterocycles. The molecule has 0 saturated carbocycles. The predicted molar refractivity (Wildman–Crippen MR) is 81.4 cm³/mol. The molecule has 0 spiro atoms. The second-order valence-corrected chi connectivity index (χ2v) is 5.11. The third-order valence-electron chi connectivity index (χ3n) is 3.38. The summed E-state index contributed by atoms with van der Waals surface area (Å²) in [6, 6.07) is 13.4. The largest absolute Gasteiger partial charge is 0.478 e. The third kappa shape index (κ3) is 3.18. The standard InChI is InChI=1S/C17H19NO2/c1-11-7-8-16(12(2)9-11)13(3)18-15-6-4-5-14(10-15)17(19)20/h4-10,13,18H,1-3H3,(H,19,20). The Bertz CT molecular complexity index is 635. The summed E-state index contributed by atoms with van der Waals surface area (Å²) >= 11 is 0. The van der Waals surface area contributed by atoms with Gasteiger partial charge in [-0.3, -0.25) is 0 Å². The van der Waals surface area contributed by atoms with Crippen LogP contribution in [0.3, 0.4) is 0 Å². The molecule has 0 aromatic heterocycles. The van der Waals surface area contributed by atoms with E-state index >= 15 is 0 Å². The maximum atomic E-state index is 11.0. The Morgan fingerprint density at radius 3 is 2.55 bits per heavy atom. The van der Waals surface area contributed by atoms with Gasteiger partial charge in [0.1, 0.15) is 0 Å². The molecular formula is C17H19NO2. The normalized spacial score (nSPS) is 11.9. The Hall–Kier alpha value is -2.29. The molecule has 20 heavy (non-hydrogen) atoms. The highest BCUT2D eigenvalue weighted by atomic mass is 16.4. The van der Waals surface area contributed by atoms with E-state index in [2.05, 4.69) is 44.3 Å². The highest BCUT2D eigenvalue weighted by Gasteiger charge is 2.09. The van der Waals surface area contributed by atoms with Crippen LogP contribution >= 0.6 is 0 Å². The molecule has 2 rings (SSSR count). The topological polar surface area (TPSA) is 49.3 Å². The first-order valence-electron chi connectivity index (χ1n) is 6.64. The Labute approximate surface area is 119 Å². The van der Waals surface area contributed by atoms with Crippen LogP contribution in [0, 0.1) is 13.8 Å². The van der Waals surface area contributed by atoms with Crippen molar-refractivity contribution in [2.24, 2.45) is 0 Å². The lowest BCUT2D eigenvalue weighted by molar-refractivity contribution is 0.0697. The van der Waals surface area contributed by atoms with Crippen molar-refractivity contribution in [3.8, 4) is 0 Å².